The summed E-state index contributed by atoms with van der Waals surface area (Å²) in [6.07, 6.45) is 2.56. The molecule has 0 radical (unpaired) electrons. The maximum atomic E-state index is 13.1. The highest BCUT2D eigenvalue weighted by atomic mass is 16.5. The molecule has 1 aromatic rings. The molecule has 2 N–H and O–H groups in total. The molecular formula is C26H38O5. The van der Waals surface area contributed by atoms with Crippen LogP contribution in [0.4, 0.5) is 0 Å². The maximum Gasteiger partial charge on any atom is 0.309 e. The van der Waals surface area contributed by atoms with E-state index in [0.717, 1.165) is 24.8 Å². The van der Waals surface area contributed by atoms with E-state index in [9.17, 15) is 19.8 Å². The number of ketones is 1. The molecule has 0 aromatic heterocycles. The Hall–Kier alpha value is -1.98. The Bertz CT molecular complexity index is 767. The minimum atomic E-state index is -1.20. The van der Waals surface area contributed by atoms with Crippen LogP contribution in [0.15, 0.2) is 42.0 Å². The summed E-state index contributed by atoms with van der Waals surface area (Å²) in [6, 6.07) is 9.58. The van der Waals surface area contributed by atoms with Crippen LogP contribution in [-0.4, -0.2) is 34.2 Å². The highest BCUT2D eigenvalue weighted by molar-refractivity contribution is 5.87. The highest BCUT2D eigenvalue weighted by Crippen LogP contribution is 2.33. The maximum absolute atomic E-state index is 13.1. The van der Waals surface area contributed by atoms with E-state index in [1.807, 2.05) is 37.3 Å². The normalized spacial score (nSPS) is 33.3. The van der Waals surface area contributed by atoms with E-state index in [-0.39, 0.29) is 18.1 Å². The summed E-state index contributed by atoms with van der Waals surface area (Å²) in [6.45, 7) is 8.99. The third-order valence-corrected chi connectivity index (χ3v) is 6.69. The van der Waals surface area contributed by atoms with Crippen molar-refractivity contribution < 1.29 is 24.5 Å². The standard InChI is InChI=1S/C26H38O5/c1-17-10-9-11-18(2)24(29)19(3)25(30)26(4,5)22(27)16-23(28)31-21(15-14-17)20-12-7-6-8-13-20/h6-8,12-14,18-19,21-22,24,27,29H,9-11,15-16H2,1-5H3/b17-14-/t18-,19+,21?,22-,24-/m0/s1. The van der Waals surface area contributed by atoms with Gasteiger partial charge in [-0.15, -0.1) is 0 Å². The average Bonchev–Trinajstić information content (AvgIpc) is 2.74. The lowest BCUT2D eigenvalue weighted by atomic mass is 9.73. The van der Waals surface area contributed by atoms with Crippen molar-refractivity contribution in [2.75, 3.05) is 0 Å². The number of Topliss-reactive ketones (excluding diaryl/α,β-unsaturated/α-hetero) is 1. The zero-order valence-electron chi connectivity index (χ0n) is 19.5. The molecule has 0 bridgehead atoms. The molecule has 31 heavy (non-hydrogen) atoms. The van der Waals surface area contributed by atoms with Gasteiger partial charge >= 0.3 is 5.97 Å². The van der Waals surface area contributed by atoms with Gasteiger partial charge in [-0.3, -0.25) is 9.59 Å². The number of esters is 1. The van der Waals surface area contributed by atoms with Crippen molar-refractivity contribution in [1.82, 2.24) is 0 Å². The largest absolute Gasteiger partial charge is 0.457 e. The Kier molecular flexibility index (Phi) is 9.01. The fraction of sp³-hybridized carbons (Fsp3) is 0.615. The molecule has 1 aliphatic heterocycles. The van der Waals surface area contributed by atoms with Crippen molar-refractivity contribution in [2.45, 2.75) is 85.0 Å². The van der Waals surface area contributed by atoms with Crippen molar-refractivity contribution in [2.24, 2.45) is 17.3 Å². The molecule has 1 heterocycles. The number of rotatable bonds is 1. The number of benzene rings is 1. The first-order valence-electron chi connectivity index (χ1n) is 11.3. The van der Waals surface area contributed by atoms with Crippen LogP contribution in [0.2, 0.25) is 0 Å². The smallest absolute Gasteiger partial charge is 0.309 e. The Morgan fingerprint density at radius 2 is 1.71 bits per heavy atom. The fourth-order valence-corrected chi connectivity index (χ4v) is 4.22. The fourth-order valence-electron chi connectivity index (χ4n) is 4.22. The number of aliphatic hydroxyl groups is 2. The molecule has 5 heteroatoms. The van der Waals surface area contributed by atoms with E-state index in [1.54, 1.807) is 20.8 Å². The van der Waals surface area contributed by atoms with Gasteiger partial charge in [-0.2, -0.15) is 0 Å². The van der Waals surface area contributed by atoms with Crippen LogP contribution >= 0.6 is 0 Å². The van der Waals surface area contributed by atoms with Gasteiger partial charge in [0.25, 0.3) is 0 Å². The van der Waals surface area contributed by atoms with Gasteiger partial charge in [0.15, 0.2) is 0 Å². The Labute approximate surface area is 186 Å². The van der Waals surface area contributed by atoms with Gasteiger partial charge in [-0.25, -0.2) is 0 Å². The number of hydrogen-bond acceptors (Lipinski definition) is 5. The number of cyclic esters (lactones) is 1. The Morgan fingerprint density at radius 1 is 1.06 bits per heavy atom. The van der Waals surface area contributed by atoms with Crippen LogP contribution in [0.25, 0.3) is 0 Å². The SMILES string of the molecule is C/C1=C/CC(c2ccccc2)OC(=O)C[C@H](O)C(C)(C)C(=O)[C@H](C)[C@@H](O)[C@@H](C)CCC1. The average molecular weight is 431 g/mol. The van der Waals surface area contributed by atoms with Crippen LogP contribution in [-0.2, 0) is 14.3 Å². The Balaban J connectivity index is 2.31. The van der Waals surface area contributed by atoms with Crippen molar-refractivity contribution in [3.8, 4) is 0 Å². The van der Waals surface area contributed by atoms with Gasteiger partial charge in [0.05, 0.1) is 24.0 Å². The molecular weight excluding hydrogens is 392 g/mol. The van der Waals surface area contributed by atoms with Gasteiger partial charge in [0.1, 0.15) is 11.9 Å². The first-order valence-corrected chi connectivity index (χ1v) is 11.3. The van der Waals surface area contributed by atoms with Crippen molar-refractivity contribution in [3.63, 3.8) is 0 Å². The van der Waals surface area contributed by atoms with E-state index in [4.69, 9.17) is 4.74 Å². The van der Waals surface area contributed by atoms with Crippen molar-refractivity contribution in [3.05, 3.63) is 47.5 Å². The molecule has 0 saturated carbocycles. The first-order chi connectivity index (χ1) is 14.5. The van der Waals surface area contributed by atoms with Gasteiger partial charge in [-0.1, -0.05) is 69.7 Å². The lowest BCUT2D eigenvalue weighted by molar-refractivity contribution is -0.155. The van der Waals surface area contributed by atoms with Gasteiger partial charge in [-0.05, 0) is 37.7 Å². The zero-order valence-corrected chi connectivity index (χ0v) is 19.5. The highest BCUT2D eigenvalue weighted by Gasteiger charge is 2.42. The first kappa shape index (κ1) is 25.3. The van der Waals surface area contributed by atoms with Crippen LogP contribution in [0.1, 0.15) is 78.4 Å². The van der Waals surface area contributed by atoms with Crippen LogP contribution in [0.3, 0.4) is 0 Å². The monoisotopic (exact) mass is 430 g/mol. The van der Waals surface area contributed by atoms with Crippen LogP contribution in [0, 0.1) is 17.3 Å². The lowest BCUT2D eigenvalue weighted by Gasteiger charge is -2.34. The molecule has 0 saturated heterocycles. The molecule has 0 aliphatic carbocycles. The topological polar surface area (TPSA) is 83.8 Å². The molecule has 2 rings (SSSR count). The zero-order chi connectivity index (χ0) is 23.2. The molecule has 0 spiro atoms. The molecule has 1 aromatic carbocycles. The van der Waals surface area contributed by atoms with Gasteiger partial charge in [0, 0.05) is 12.3 Å². The lowest BCUT2D eigenvalue weighted by Crippen LogP contribution is -2.45. The van der Waals surface area contributed by atoms with Crippen LogP contribution < -0.4 is 0 Å². The quantitative estimate of drug-likeness (QED) is 0.495. The Morgan fingerprint density at radius 3 is 2.35 bits per heavy atom. The molecule has 5 atom stereocenters. The summed E-state index contributed by atoms with van der Waals surface area (Å²) in [5, 5.41) is 21.5. The molecule has 1 unspecified atom stereocenters. The molecule has 0 fully saturated rings. The summed E-state index contributed by atoms with van der Waals surface area (Å²) < 4.78 is 5.75. The second-order valence-electron chi connectivity index (χ2n) is 9.63. The summed E-state index contributed by atoms with van der Waals surface area (Å²) in [7, 11) is 0. The van der Waals surface area contributed by atoms with Gasteiger partial charge in [0.2, 0.25) is 0 Å². The molecule has 172 valence electrons. The van der Waals surface area contributed by atoms with E-state index in [2.05, 4.69) is 13.0 Å². The summed E-state index contributed by atoms with van der Waals surface area (Å²) in [4.78, 5) is 25.8. The van der Waals surface area contributed by atoms with E-state index in [0.29, 0.717) is 6.42 Å². The van der Waals surface area contributed by atoms with Crippen LogP contribution in [0.5, 0.6) is 0 Å². The third kappa shape index (κ3) is 6.75. The molecule has 1 aliphatic rings. The minimum absolute atomic E-state index is 0.0327. The number of hydrogen-bond donors (Lipinski definition) is 2. The second-order valence-corrected chi connectivity index (χ2v) is 9.63. The summed E-state index contributed by atoms with van der Waals surface area (Å²) in [5.41, 5.74) is 0.932. The third-order valence-electron chi connectivity index (χ3n) is 6.69. The number of ether oxygens (including phenoxy) is 1. The predicted octanol–water partition coefficient (Wildman–Crippen LogP) is 4.77. The number of allylic oxidation sites excluding steroid dienone is 1. The second kappa shape index (κ2) is 11.1. The minimum Gasteiger partial charge on any atom is -0.457 e. The number of aliphatic hydroxyl groups excluding tert-OH is 2. The number of carbonyl (C=O) groups excluding carboxylic acids is 2. The predicted molar refractivity (Wildman–Crippen MR) is 121 cm³/mol. The van der Waals surface area contributed by atoms with Crippen molar-refractivity contribution >= 4 is 11.8 Å². The van der Waals surface area contributed by atoms with E-state index in [1.165, 1.54) is 5.57 Å². The van der Waals surface area contributed by atoms with E-state index >= 15 is 0 Å². The molecule has 0 amide bonds. The number of carbonyl (C=O) groups is 2. The summed E-state index contributed by atoms with van der Waals surface area (Å²) in [5.74, 6) is -1.44. The van der Waals surface area contributed by atoms with E-state index < -0.39 is 35.6 Å². The summed E-state index contributed by atoms with van der Waals surface area (Å²) >= 11 is 0. The van der Waals surface area contributed by atoms with Gasteiger partial charge < -0.3 is 14.9 Å². The van der Waals surface area contributed by atoms with Crippen molar-refractivity contribution in [1.29, 1.82) is 0 Å². The molecule has 5 nitrogen and oxygen atoms in total.